The molecule has 56 heavy (non-hydrogen) atoms. The van der Waals surface area contributed by atoms with Gasteiger partial charge in [0, 0.05) is 80.2 Å². The van der Waals surface area contributed by atoms with Crippen molar-refractivity contribution in [3.05, 3.63) is 194 Å². The Hall–Kier alpha value is -6.59. The fourth-order valence-corrected chi connectivity index (χ4v) is 11.4. The van der Waals surface area contributed by atoms with E-state index in [2.05, 4.69) is 204 Å². The maximum absolute atomic E-state index is 2.45. The number of benzene rings is 10. The van der Waals surface area contributed by atoms with Gasteiger partial charge in [-0.2, -0.15) is 0 Å². The number of nitrogens with zero attached hydrogens (tertiary/aromatic N) is 2. The molecule has 2 nitrogen and oxygen atoms in total. The van der Waals surface area contributed by atoms with E-state index in [9.17, 15) is 0 Å². The highest BCUT2D eigenvalue weighted by molar-refractivity contribution is 7.99. The molecule has 2 heterocycles. The third-order valence-electron chi connectivity index (χ3n) is 11.3. The van der Waals surface area contributed by atoms with Gasteiger partial charge >= 0.3 is 0 Å². The van der Waals surface area contributed by atoms with Gasteiger partial charge in [-0.05, 0) is 112 Å². The molecule has 0 saturated heterocycles. The smallest absolute Gasteiger partial charge is 0.0476 e. The highest BCUT2D eigenvalue weighted by Crippen LogP contribution is 2.56. The number of rotatable bonds is 6. The fraction of sp³-hybridized carbons (Fsp3) is 0. The Labute approximate surface area is 332 Å². The van der Waals surface area contributed by atoms with Gasteiger partial charge < -0.3 is 9.80 Å². The van der Waals surface area contributed by atoms with E-state index in [-0.39, 0.29) is 0 Å². The van der Waals surface area contributed by atoms with E-state index in [0.29, 0.717) is 0 Å². The fourth-order valence-electron chi connectivity index (χ4n) is 8.96. The molecule has 4 heteroatoms. The van der Waals surface area contributed by atoms with Crippen LogP contribution in [0.15, 0.2) is 204 Å². The second-order valence-corrected chi connectivity index (χ2v) is 16.6. The first-order valence-corrected chi connectivity index (χ1v) is 20.6. The molecule has 1 aliphatic rings. The molecular formula is C52H32N2S2. The molecule has 0 amide bonds. The summed E-state index contributed by atoms with van der Waals surface area (Å²) < 4.78 is 2.66. The van der Waals surface area contributed by atoms with E-state index < -0.39 is 0 Å². The Balaban J connectivity index is 1.06. The molecule has 0 N–H and O–H groups in total. The van der Waals surface area contributed by atoms with Gasteiger partial charge in [-0.15, -0.1) is 11.3 Å². The van der Waals surface area contributed by atoms with Gasteiger partial charge in [0.15, 0.2) is 0 Å². The minimum atomic E-state index is 1.14. The van der Waals surface area contributed by atoms with Gasteiger partial charge in [0.2, 0.25) is 0 Å². The maximum Gasteiger partial charge on any atom is 0.0476 e. The number of thiophene rings is 1. The van der Waals surface area contributed by atoms with Crippen LogP contribution >= 0.6 is 23.1 Å². The highest BCUT2D eigenvalue weighted by Gasteiger charge is 2.27. The topological polar surface area (TPSA) is 6.48 Å². The summed E-state index contributed by atoms with van der Waals surface area (Å²) in [6.07, 6.45) is 0. The lowest BCUT2D eigenvalue weighted by Crippen LogP contribution is -2.10. The van der Waals surface area contributed by atoms with Gasteiger partial charge in [0.05, 0.1) is 0 Å². The number of hydrogen-bond donors (Lipinski definition) is 0. The van der Waals surface area contributed by atoms with Crippen LogP contribution in [0.4, 0.5) is 34.1 Å². The quantitative estimate of drug-likeness (QED) is 0.156. The van der Waals surface area contributed by atoms with Gasteiger partial charge in [0.1, 0.15) is 0 Å². The van der Waals surface area contributed by atoms with Crippen LogP contribution in [0.2, 0.25) is 0 Å². The minimum absolute atomic E-state index is 1.14. The molecular weight excluding hydrogens is 717 g/mol. The number of hydrogen-bond acceptors (Lipinski definition) is 4. The summed E-state index contributed by atoms with van der Waals surface area (Å²) in [7, 11) is 0. The summed E-state index contributed by atoms with van der Waals surface area (Å²) >= 11 is 3.83. The van der Waals surface area contributed by atoms with Gasteiger partial charge in [-0.25, -0.2) is 0 Å². The van der Waals surface area contributed by atoms with E-state index in [1.165, 1.54) is 73.4 Å². The Bertz CT molecular complexity index is 3190. The average molecular weight is 749 g/mol. The Morgan fingerprint density at radius 3 is 1.52 bits per heavy atom. The molecule has 0 aliphatic carbocycles. The predicted octanol–water partition coefficient (Wildman–Crippen LogP) is 16.0. The van der Waals surface area contributed by atoms with Crippen LogP contribution in [0.5, 0.6) is 0 Å². The van der Waals surface area contributed by atoms with Gasteiger partial charge in [0.25, 0.3) is 0 Å². The molecule has 0 saturated carbocycles. The zero-order valence-electron chi connectivity index (χ0n) is 30.2. The molecule has 0 spiro atoms. The molecule has 0 unspecified atom stereocenters. The summed E-state index contributed by atoms with van der Waals surface area (Å²) in [4.78, 5) is 7.31. The van der Waals surface area contributed by atoms with Crippen molar-refractivity contribution < 1.29 is 0 Å². The SMILES string of the molecule is c1ccc(N(c2ccccc2)c2ccc3c(c2)Sc2ccc4c5sc6cc(N(c7ccccc7)c7ccccc7)ccc6c5c5cccc6cc-3c2c4c65)cc1. The molecule has 11 aromatic rings. The van der Waals surface area contributed by atoms with E-state index >= 15 is 0 Å². The van der Waals surface area contributed by atoms with Crippen LogP contribution in [0.25, 0.3) is 63.6 Å². The normalized spacial score (nSPS) is 12.2. The standard InChI is InChI=1S/C52H32N2S2/c1-5-15-34(16-6-1)53(35-17-7-2-8-18-35)38-24-26-40-44-30-33-14-13-23-42-48(33)51-43(28-29-45(50(44)51)55-46(40)31-38)52-49(42)41-27-25-39(32-47(41)56-52)54(36-19-9-3-10-20-36)37-21-11-4-12-22-37/h1-32H. The molecule has 10 aromatic carbocycles. The van der Waals surface area contributed by atoms with Gasteiger partial charge in [-0.1, -0.05) is 121 Å². The first-order valence-electron chi connectivity index (χ1n) is 19.0. The molecule has 0 radical (unpaired) electrons. The van der Waals surface area contributed by atoms with Crippen molar-refractivity contribution in [2.45, 2.75) is 9.79 Å². The summed E-state index contributed by atoms with van der Waals surface area (Å²) in [6.45, 7) is 0. The van der Waals surface area contributed by atoms with Gasteiger partial charge in [-0.3, -0.25) is 0 Å². The van der Waals surface area contributed by atoms with E-state index in [1.807, 2.05) is 23.1 Å². The van der Waals surface area contributed by atoms with Crippen molar-refractivity contribution in [3.63, 3.8) is 0 Å². The van der Waals surface area contributed by atoms with E-state index in [1.54, 1.807) is 0 Å². The van der Waals surface area contributed by atoms with Crippen LogP contribution in [-0.2, 0) is 0 Å². The molecule has 262 valence electrons. The molecule has 0 fully saturated rings. The lowest BCUT2D eigenvalue weighted by Gasteiger charge is -2.28. The van der Waals surface area contributed by atoms with Crippen molar-refractivity contribution in [1.29, 1.82) is 0 Å². The number of anilines is 6. The largest absolute Gasteiger partial charge is 0.310 e. The van der Waals surface area contributed by atoms with Crippen LogP contribution in [-0.4, -0.2) is 0 Å². The van der Waals surface area contributed by atoms with Crippen LogP contribution in [0, 0.1) is 0 Å². The highest BCUT2D eigenvalue weighted by atomic mass is 32.2. The minimum Gasteiger partial charge on any atom is -0.310 e. The van der Waals surface area contributed by atoms with Crippen LogP contribution in [0.3, 0.4) is 0 Å². The van der Waals surface area contributed by atoms with Crippen molar-refractivity contribution in [2.75, 3.05) is 9.80 Å². The van der Waals surface area contributed by atoms with Crippen LogP contribution < -0.4 is 9.80 Å². The Morgan fingerprint density at radius 1 is 0.321 bits per heavy atom. The second kappa shape index (κ2) is 12.5. The van der Waals surface area contributed by atoms with E-state index in [0.717, 1.165) is 34.1 Å². The molecule has 12 rings (SSSR count). The Morgan fingerprint density at radius 2 is 0.893 bits per heavy atom. The van der Waals surface area contributed by atoms with Crippen molar-refractivity contribution in [2.24, 2.45) is 0 Å². The summed E-state index contributed by atoms with van der Waals surface area (Å²) in [5, 5.41) is 10.8. The molecule has 1 aromatic heterocycles. The monoisotopic (exact) mass is 748 g/mol. The zero-order chi connectivity index (χ0) is 36.7. The van der Waals surface area contributed by atoms with Crippen LogP contribution in [0.1, 0.15) is 0 Å². The second-order valence-electron chi connectivity index (χ2n) is 14.5. The first kappa shape index (κ1) is 31.7. The predicted molar refractivity (Wildman–Crippen MR) is 242 cm³/mol. The molecule has 0 bridgehead atoms. The summed E-state index contributed by atoms with van der Waals surface area (Å²) in [6, 6.07) is 70.9. The average Bonchev–Trinajstić information content (AvgIpc) is 3.65. The van der Waals surface area contributed by atoms with E-state index in [4.69, 9.17) is 0 Å². The lowest BCUT2D eigenvalue weighted by molar-refractivity contribution is 1.26. The van der Waals surface area contributed by atoms with Crippen molar-refractivity contribution in [1.82, 2.24) is 0 Å². The lowest BCUT2D eigenvalue weighted by atomic mass is 9.87. The van der Waals surface area contributed by atoms with Crippen molar-refractivity contribution in [3.8, 4) is 11.1 Å². The maximum atomic E-state index is 2.45. The Kier molecular flexibility index (Phi) is 7.07. The first-order chi connectivity index (χ1) is 27.8. The summed E-state index contributed by atoms with van der Waals surface area (Å²) in [5.74, 6) is 0. The zero-order valence-corrected chi connectivity index (χ0v) is 31.8. The third kappa shape index (κ3) is 4.76. The molecule has 0 atom stereocenters. The van der Waals surface area contributed by atoms with Crippen molar-refractivity contribution >= 4 is 110 Å². The third-order valence-corrected chi connectivity index (χ3v) is 13.6. The number of fused-ring (bicyclic) bond motifs is 7. The molecule has 1 aliphatic heterocycles. The number of para-hydroxylation sites is 4. The summed E-state index contributed by atoms with van der Waals surface area (Å²) in [5.41, 5.74) is 9.51.